The summed E-state index contributed by atoms with van der Waals surface area (Å²) in [5.74, 6) is -0.345. The number of carbonyl (C=O) groups excluding carboxylic acids is 1. The van der Waals surface area contributed by atoms with Gasteiger partial charge in [0, 0.05) is 23.4 Å². The van der Waals surface area contributed by atoms with Crippen molar-refractivity contribution < 1.29 is 15.0 Å². The van der Waals surface area contributed by atoms with E-state index in [4.69, 9.17) is 5.11 Å². The SMILES string of the molecule is CC(O)(CO)CNC(=O)c1cncc(Br)c1. The summed E-state index contributed by atoms with van der Waals surface area (Å²) in [6, 6.07) is 1.62. The molecule has 0 bridgehead atoms. The van der Waals surface area contributed by atoms with E-state index >= 15 is 0 Å². The Balaban J connectivity index is 2.60. The standard InChI is InChI=1S/C10H13BrN2O3/c1-10(16,6-14)5-13-9(15)7-2-8(11)4-12-3-7/h2-4,14,16H,5-6H2,1H3,(H,13,15). The van der Waals surface area contributed by atoms with Crippen LogP contribution in [0.1, 0.15) is 17.3 Å². The smallest absolute Gasteiger partial charge is 0.252 e. The number of rotatable bonds is 4. The van der Waals surface area contributed by atoms with Crippen molar-refractivity contribution in [2.45, 2.75) is 12.5 Å². The molecule has 1 rings (SSSR count). The molecule has 0 aromatic carbocycles. The zero-order chi connectivity index (χ0) is 12.2. The first-order valence-corrected chi connectivity index (χ1v) is 5.46. The Morgan fingerprint density at radius 1 is 1.62 bits per heavy atom. The van der Waals surface area contributed by atoms with E-state index in [9.17, 15) is 9.90 Å². The van der Waals surface area contributed by atoms with Gasteiger partial charge in [-0.25, -0.2) is 0 Å². The van der Waals surface area contributed by atoms with Crippen LogP contribution in [0.2, 0.25) is 0 Å². The zero-order valence-corrected chi connectivity index (χ0v) is 10.4. The molecule has 0 spiro atoms. The minimum atomic E-state index is -1.31. The predicted octanol–water partition coefficient (Wildman–Crippen LogP) is 0.317. The van der Waals surface area contributed by atoms with Gasteiger partial charge in [0.25, 0.3) is 5.91 Å². The molecule has 1 atom stereocenters. The molecule has 1 unspecified atom stereocenters. The summed E-state index contributed by atoms with van der Waals surface area (Å²) in [7, 11) is 0. The van der Waals surface area contributed by atoms with Crippen LogP contribution in [-0.4, -0.2) is 39.9 Å². The lowest BCUT2D eigenvalue weighted by atomic mass is 10.1. The number of aliphatic hydroxyl groups is 2. The molecule has 0 aliphatic heterocycles. The highest BCUT2D eigenvalue weighted by molar-refractivity contribution is 9.10. The van der Waals surface area contributed by atoms with Crippen LogP contribution in [0.3, 0.4) is 0 Å². The Morgan fingerprint density at radius 3 is 2.88 bits per heavy atom. The average Bonchev–Trinajstić information content (AvgIpc) is 2.26. The van der Waals surface area contributed by atoms with E-state index in [1.165, 1.54) is 13.1 Å². The molecule has 0 aliphatic rings. The van der Waals surface area contributed by atoms with Crippen LogP contribution in [-0.2, 0) is 0 Å². The van der Waals surface area contributed by atoms with Crippen LogP contribution >= 0.6 is 15.9 Å². The molecule has 6 heteroatoms. The first kappa shape index (κ1) is 13.1. The molecule has 0 aliphatic carbocycles. The fraction of sp³-hybridized carbons (Fsp3) is 0.400. The van der Waals surface area contributed by atoms with Crippen molar-refractivity contribution in [1.82, 2.24) is 10.3 Å². The zero-order valence-electron chi connectivity index (χ0n) is 8.77. The van der Waals surface area contributed by atoms with Gasteiger partial charge in [0.2, 0.25) is 0 Å². The maximum absolute atomic E-state index is 11.6. The van der Waals surface area contributed by atoms with Gasteiger partial charge >= 0.3 is 0 Å². The lowest BCUT2D eigenvalue weighted by molar-refractivity contribution is 0.00320. The molecule has 0 fully saturated rings. The van der Waals surface area contributed by atoms with Crippen LogP contribution in [0.5, 0.6) is 0 Å². The molecule has 88 valence electrons. The second-order valence-corrected chi connectivity index (χ2v) is 4.65. The van der Waals surface area contributed by atoms with Crippen molar-refractivity contribution in [3.05, 3.63) is 28.5 Å². The van der Waals surface area contributed by atoms with Crippen molar-refractivity contribution in [3.63, 3.8) is 0 Å². The molecule has 3 N–H and O–H groups in total. The first-order valence-electron chi connectivity index (χ1n) is 4.66. The number of carbonyl (C=O) groups is 1. The van der Waals surface area contributed by atoms with Gasteiger partial charge < -0.3 is 15.5 Å². The number of pyridine rings is 1. The van der Waals surface area contributed by atoms with E-state index in [0.717, 1.165) is 0 Å². The van der Waals surface area contributed by atoms with Crippen LogP contribution in [0.25, 0.3) is 0 Å². The molecule has 1 heterocycles. The van der Waals surface area contributed by atoms with Gasteiger partial charge in [0.05, 0.1) is 12.2 Å². The Kier molecular flexibility index (Phi) is 4.40. The Hall–Kier alpha value is -0.980. The minimum Gasteiger partial charge on any atom is -0.393 e. The van der Waals surface area contributed by atoms with Gasteiger partial charge in [-0.3, -0.25) is 9.78 Å². The first-order chi connectivity index (χ1) is 7.44. The van der Waals surface area contributed by atoms with Crippen LogP contribution in [0.4, 0.5) is 0 Å². The Labute approximate surface area is 102 Å². The van der Waals surface area contributed by atoms with E-state index < -0.39 is 12.2 Å². The Morgan fingerprint density at radius 2 is 2.31 bits per heavy atom. The summed E-state index contributed by atoms with van der Waals surface area (Å²) in [4.78, 5) is 15.4. The molecule has 16 heavy (non-hydrogen) atoms. The maximum atomic E-state index is 11.6. The fourth-order valence-electron chi connectivity index (χ4n) is 0.965. The average molecular weight is 289 g/mol. The number of nitrogens with one attached hydrogen (secondary N) is 1. The third kappa shape index (κ3) is 3.88. The molecule has 1 amide bonds. The van der Waals surface area contributed by atoms with Crippen molar-refractivity contribution in [2.75, 3.05) is 13.2 Å². The van der Waals surface area contributed by atoms with Crippen LogP contribution < -0.4 is 5.32 Å². The molecule has 1 aromatic rings. The van der Waals surface area contributed by atoms with E-state index in [2.05, 4.69) is 26.2 Å². The highest BCUT2D eigenvalue weighted by Crippen LogP contribution is 2.09. The Bertz CT molecular complexity index is 382. The number of nitrogens with zero attached hydrogens (tertiary/aromatic N) is 1. The van der Waals surface area contributed by atoms with Gasteiger partial charge in [0.15, 0.2) is 0 Å². The predicted molar refractivity (Wildman–Crippen MR) is 62.0 cm³/mol. The highest BCUT2D eigenvalue weighted by Gasteiger charge is 2.20. The van der Waals surface area contributed by atoms with Crippen molar-refractivity contribution in [2.24, 2.45) is 0 Å². The summed E-state index contributed by atoms with van der Waals surface area (Å²) >= 11 is 3.20. The summed E-state index contributed by atoms with van der Waals surface area (Å²) in [5, 5.41) is 20.8. The van der Waals surface area contributed by atoms with E-state index in [0.29, 0.717) is 10.0 Å². The number of hydrogen-bond acceptors (Lipinski definition) is 4. The number of hydrogen-bond donors (Lipinski definition) is 3. The number of aliphatic hydroxyl groups excluding tert-OH is 1. The second-order valence-electron chi connectivity index (χ2n) is 3.73. The topological polar surface area (TPSA) is 82.5 Å². The molecule has 0 saturated carbocycles. The molecule has 0 radical (unpaired) electrons. The number of halogens is 1. The van der Waals surface area contributed by atoms with Gasteiger partial charge in [0.1, 0.15) is 5.60 Å². The maximum Gasteiger partial charge on any atom is 0.252 e. The number of aromatic nitrogens is 1. The number of amides is 1. The lowest BCUT2D eigenvalue weighted by Crippen LogP contribution is -2.43. The third-order valence-electron chi connectivity index (χ3n) is 1.94. The van der Waals surface area contributed by atoms with E-state index in [1.807, 2.05) is 0 Å². The molecular formula is C10H13BrN2O3. The van der Waals surface area contributed by atoms with Crippen molar-refractivity contribution in [1.29, 1.82) is 0 Å². The van der Waals surface area contributed by atoms with E-state index in [-0.39, 0.29) is 12.5 Å². The lowest BCUT2D eigenvalue weighted by Gasteiger charge is -2.20. The van der Waals surface area contributed by atoms with Crippen molar-refractivity contribution in [3.8, 4) is 0 Å². The van der Waals surface area contributed by atoms with Crippen molar-refractivity contribution >= 4 is 21.8 Å². The van der Waals surface area contributed by atoms with Gasteiger partial charge in [-0.1, -0.05) is 0 Å². The molecular weight excluding hydrogens is 276 g/mol. The summed E-state index contributed by atoms with van der Waals surface area (Å²) in [6.45, 7) is 1.01. The quantitative estimate of drug-likeness (QED) is 0.745. The van der Waals surface area contributed by atoms with Gasteiger partial charge in [-0.15, -0.1) is 0 Å². The minimum absolute atomic E-state index is 0.0190. The van der Waals surface area contributed by atoms with Crippen LogP contribution in [0, 0.1) is 0 Å². The highest BCUT2D eigenvalue weighted by atomic mass is 79.9. The summed E-state index contributed by atoms with van der Waals surface area (Å²) in [5.41, 5.74) is -0.919. The van der Waals surface area contributed by atoms with E-state index in [1.54, 1.807) is 12.3 Å². The monoisotopic (exact) mass is 288 g/mol. The second kappa shape index (κ2) is 5.38. The third-order valence-corrected chi connectivity index (χ3v) is 2.37. The van der Waals surface area contributed by atoms with Crippen LogP contribution in [0.15, 0.2) is 22.9 Å². The normalized spacial score (nSPS) is 14.2. The molecule has 5 nitrogen and oxygen atoms in total. The molecule has 1 aromatic heterocycles. The summed E-state index contributed by atoms with van der Waals surface area (Å²) < 4.78 is 0.703. The fourth-order valence-corrected chi connectivity index (χ4v) is 1.33. The van der Waals surface area contributed by atoms with Gasteiger partial charge in [-0.2, -0.15) is 0 Å². The largest absolute Gasteiger partial charge is 0.393 e. The molecule has 0 saturated heterocycles. The van der Waals surface area contributed by atoms with Gasteiger partial charge in [-0.05, 0) is 28.9 Å². The summed E-state index contributed by atoms with van der Waals surface area (Å²) in [6.07, 6.45) is 2.99.